The third-order valence-corrected chi connectivity index (χ3v) is 3.76. The first-order chi connectivity index (χ1) is 9.45. The minimum atomic E-state index is -0.479. The van der Waals surface area contributed by atoms with Crippen LogP contribution in [0.5, 0.6) is 0 Å². The summed E-state index contributed by atoms with van der Waals surface area (Å²) in [6, 6.07) is 4.26. The molecule has 2 rings (SSSR count). The lowest BCUT2D eigenvalue weighted by Crippen LogP contribution is -2.19. The Bertz CT molecular complexity index is 672. The van der Waals surface area contributed by atoms with Crippen LogP contribution in [0.3, 0.4) is 0 Å². The number of hydrogen-bond donors (Lipinski definition) is 2. The molecule has 2 aromatic rings. The molecule has 0 unspecified atom stereocenters. The molecule has 0 fully saturated rings. The Hall–Kier alpha value is -1.63. The average Bonchev–Trinajstić information content (AvgIpc) is 2.82. The number of rotatable bonds is 3. The van der Waals surface area contributed by atoms with E-state index in [1.54, 1.807) is 17.5 Å². The molecule has 2 N–H and O–H groups in total. The molecule has 104 valence electrons. The number of halogens is 2. The number of benzene rings is 1. The highest BCUT2D eigenvalue weighted by atomic mass is 35.5. The number of urea groups is 1. The van der Waals surface area contributed by atoms with Gasteiger partial charge in [0.05, 0.1) is 10.0 Å². The molecule has 0 saturated carbocycles. The number of thiazole rings is 1. The molecule has 8 heteroatoms. The predicted molar refractivity (Wildman–Crippen MR) is 81.2 cm³/mol. The summed E-state index contributed by atoms with van der Waals surface area (Å²) in [4.78, 5) is 26.8. The van der Waals surface area contributed by atoms with Crippen LogP contribution in [0.15, 0.2) is 23.6 Å². The van der Waals surface area contributed by atoms with Crippen LogP contribution < -0.4 is 10.6 Å². The van der Waals surface area contributed by atoms with Crippen molar-refractivity contribution >= 4 is 57.2 Å². The Balaban J connectivity index is 2.01. The van der Waals surface area contributed by atoms with E-state index in [1.165, 1.54) is 24.3 Å². The van der Waals surface area contributed by atoms with Gasteiger partial charge in [-0.3, -0.25) is 10.1 Å². The number of nitrogens with zero attached hydrogens (tertiary/aromatic N) is 1. The largest absolute Gasteiger partial charge is 0.325 e. The smallest absolute Gasteiger partial charge is 0.308 e. The second-order valence-corrected chi connectivity index (χ2v) is 5.47. The molecule has 20 heavy (non-hydrogen) atoms. The summed E-state index contributed by atoms with van der Waals surface area (Å²) in [6.07, 6.45) is 0. The summed E-state index contributed by atoms with van der Waals surface area (Å²) in [5, 5.41) is 7.79. The minimum Gasteiger partial charge on any atom is -0.308 e. The summed E-state index contributed by atoms with van der Waals surface area (Å²) in [7, 11) is 0. The molecule has 0 aliphatic heterocycles. The van der Waals surface area contributed by atoms with Gasteiger partial charge in [0.2, 0.25) is 0 Å². The van der Waals surface area contributed by atoms with Gasteiger partial charge >= 0.3 is 6.03 Å². The van der Waals surface area contributed by atoms with Gasteiger partial charge in [-0.1, -0.05) is 23.2 Å². The second kappa shape index (κ2) is 6.21. The highest BCUT2D eigenvalue weighted by Gasteiger charge is 2.09. The molecule has 0 spiro atoms. The molecule has 0 radical (unpaired) electrons. The molecule has 1 aromatic carbocycles. The van der Waals surface area contributed by atoms with E-state index >= 15 is 0 Å². The molecule has 0 aliphatic rings. The third kappa shape index (κ3) is 3.69. The van der Waals surface area contributed by atoms with Crippen LogP contribution in [0.25, 0.3) is 0 Å². The minimum absolute atomic E-state index is 0.154. The lowest BCUT2D eigenvalue weighted by molar-refractivity contribution is 0.101. The van der Waals surface area contributed by atoms with Crippen molar-refractivity contribution < 1.29 is 9.59 Å². The number of hydrogen-bond acceptors (Lipinski definition) is 4. The Morgan fingerprint density at radius 3 is 2.55 bits per heavy atom. The lowest BCUT2D eigenvalue weighted by atomic mass is 10.3. The zero-order chi connectivity index (χ0) is 14.7. The van der Waals surface area contributed by atoms with Crippen molar-refractivity contribution in [1.29, 1.82) is 0 Å². The van der Waals surface area contributed by atoms with Gasteiger partial charge in [-0.2, -0.15) is 0 Å². The Kier molecular flexibility index (Phi) is 4.59. The normalized spacial score (nSPS) is 10.2. The van der Waals surface area contributed by atoms with Gasteiger partial charge in [-0.25, -0.2) is 9.78 Å². The SMILES string of the molecule is CC(=O)c1csc(NC(=O)Nc2ccc(Cl)c(Cl)c2)n1. The molecule has 0 saturated heterocycles. The molecule has 1 aromatic heterocycles. The first-order valence-electron chi connectivity index (χ1n) is 5.45. The monoisotopic (exact) mass is 329 g/mol. The van der Waals surface area contributed by atoms with Gasteiger partial charge < -0.3 is 5.32 Å². The average molecular weight is 330 g/mol. The maximum atomic E-state index is 11.7. The molecule has 0 bridgehead atoms. The molecule has 0 aliphatic carbocycles. The van der Waals surface area contributed by atoms with Crippen LogP contribution in [-0.4, -0.2) is 16.8 Å². The maximum Gasteiger partial charge on any atom is 0.325 e. The molecule has 2 amide bonds. The van der Waals surface area contributed by atoms with Gasteiger partial charge in [-0.05, 0) is 18.2 Å². The number of carbonyl (C=O) groups is 2. The molecule has 1 heterocycles. The zero-order valence-electron chi connectivity index (χ0n) is 10.2. The molecule has 0 atom stereocenters. The summed E-state index contributed by atoms with van der Waals surface area (Å²) in [5.74, 6) is -0.154. The maximum absolute atomic E-state index is 11.7. The van der Waals surface area contributed by atoms with Crippen molar-refractivity contribution in [2.45, 2.75) is 6.92 Å². The fourth-order valence-electron chi connectivity index (χ4n) is 1.33. The molecular weight excluding hydrogens is 321 g/mol. The highest BCUT2D eigenvalue weighted by molar-refractivity contribution is 7.14. The van der Waals surface area contributed by atoms with Crippen LogP contribution >= 0.6 is 34.5 Å². The van der Waals surface area contributed by atoms with E-state index in [-0.39, 0.29) is 5.78 Å². The van der Waals surface area contributed by atoms with E-state index in [0.717, 1.165) is 0 Å². The van der Waals surface area contributed by atoms with E-state index in [4.69, 9.17) is 23.2 Å². The van der Waals surface area contributed by atoms with Crippen LogP contribution in [0.1, 0.15) is 17.4 Å². The number of aromatic nitrogens is 1. The van der Waals surface area contributed by atoms with Crippen molar-refractivity contribution in [3.05, 3.63) is 39.3 Å². The van der Waals surface area contributed by atoms with Crippen molar-refractivity contribution in [3.8, 4) is 0 Å². The Morgan fingerprint density at radius 1 is 1.20 bits per heavy atom. The van der Waals surface area contributed by atoms with E-state index in [1.807, 2.05) is 0 Å². The summed E-state index contributed by atoms with van der Waals surface area (Å²) < 4.78 is 0. The Morgan fingerprint density at radius 2 is 1.95 bits per heavy atom. The summed E-state index contributed by atoms with van der Waals surface area (Å²) >= 11 is 12.8. The van der Waals surface area contributed by atoms with Crippen molar-refractivity contribution in [2.75, 3.05) is 10.6 Å². The fourth-order valence-corrected chi connectivity index (χ4v) is 2.37. The zero-order valence-corrected chi connectivity index (χ0v) is 12.6. The fraction of sp³-hybridized carbons (Fsp3) is 0.0833. The predicted octanol–water partition coefficient (Wildman–Crippen LogP) is 4.30. The standard InChI is InChI=1S/C12H9Cl2N3O2S/c1-6(18)10-5-20-12(16-10)17-11(19)15-7-2-3-8(13)9(14)4-7/h2-5H,1H3,(H2,15,16,17,19). The van der Waals surface area contributed by atoms with Crippen LogP contribution in [0.4, 0.5) is 15.6 Å². The summed E-state index contributed by atoms with van der Waals surface area (Å²) in [6.45, 7) is 1.41. The van der Waals surface area contributed by atoms with Gasteiger partial charge in [0.1, 0.15) is 5.69 Å². The lowest BCUT2D eigenvalue weighted by Gasteiger charge is -2.06. The number of carbonyl (C=O) groups excluding carboxylic acids is 2. The summed E-state index contributed by atoms with van der Waals surface area (Å²) in [5.41, 5.74) is 0.820. The number of Topliss-reactive ketones (excluding diaryl/α,β-unsaturated/α-hetero) is 1. The van der Waals surface area contributed by atoms with E-state index in [9.17, 15) is 9.59 Å². The van der Waals surface area contributed by atoms with E-state index in [2.05, 4.69) is 15.6 Å². The van der Waals surface area contributed by atoms with Gasteiger partial charge in [0.25, 0.3) is 0 Å². The van der Waals surface area contributed by atoms with E-state index < -0.39 is 6.03 Å². The first kappa shape index (κ1) is 14.8. The number of nitrogens with one attached hydrogen (secondary N) is 2. The highest BCUT2D eigenvalue weighted by Crippen LogP contribution is 2.25. The molecular formula is C12H9Cl2N3O2S. The second-order valence-electron chi connectivity index (χ2n) is 3.80. The van der Waals surface area contributed by atoms with Crippen molar-refractivity contribution in [1.82, 2.24) is 4.98 Å². The number of ketones is 1. The van der Waals surface area contributed by atoms with Crippen LogP contribution in [0.2, 0.25) is 10.0 Å². The Labute approximate surface area is 128 Å². The van der Waals surface area contributed by atoms with Crippen LogP contribution in [0, 0.1) is 0 Å². The van der Waals surface area contributed by atoms with Gasteiger partial charge in [0, 0.05) is 18.0 Å². The van der Waals surface area contributed by atoms with E-state index in [0.29, 0.717) is 26.6 Å². The third-order valence-electron chi connectivity index (χ3n) is 2.26. The quantitative estimate of drug-likeness (QED) is 0.825. The van der Waals surface area contributed by atoms with Gasteiger partial charge in [0.15, 0.2) is 10.9 Å². The molecule has 5 nitrogen and oxygen atoms in total. The topological polar surface area (TPSA) is 71.1 Å². The van der Waals surface area contributed by atoms with Crippen molar-refractivity contribution in [3.63, 3.8) is 0 Å². The number of anilines is 2. The first-order valence-corrected chi connectivity index (χ1v) is 7.09. The van der Waals surface area contributed by atoms with Crippen LogP contribution in [-0.2, 0) is 0 Å². The number of amides is 2. The van der Waals surface area contributed by atoms with Gasteiger partial charge in [-0.15, -0.1) is 11.3 Å². The van der Waals surface area contributed by atoms with Crippen molar-refractivity contribution in [2.24, 2.45) is 0 Å².